The van der Waals surface area contributed by atoms with Crippen molar-refractivity contribution in [3.05, 3.63) is 45.8 Å². The van der Waals surface area contributed by atoms with Gasteiger partial charge in [0.1, 0.15) is 0 Å². The molecule has 1 heterocycles. The van der Waals surface area contributed by atoms with Crippen LogP contribution in [0.5, 0.6) is 0 Å². The van der Waals surface area contributed by atoms with Crippen molar-refractivity contribution in [1.29, 1.82) is 0 Å². The lowest BCUT2D eigenvalue weighted by atomic mass is 10.2. The van der Waals surface area contributed by atoms with Crippen molar-refractivity contribution in [2.45, 2.75) is 0 Å². The molecule has 2 rings (SSSR count). The minimum atomic E-state index is -0.374. The van der Waals surface area contributed by atoms with Gasteiger partial charge in [-0.3, -0.25) is 10.1 Å². The fourth-order valence-electron chi connectivity index (χ4n) is 1.11. The Morgan fingerprint density at radius 3 is 2.86 bits per heavy atom. The maximum absolute atomic E-state index is 10.5. The van der Waals surface area contributed by atoms with Crippen LogP contribution in [0, 0.1) is 10.1 Å². The van der Waals surface area contributed by atoms with Gasteiger partial charge in [-0.1, -0.05) is 12.1 Å². The third kappa shape index (κ3) is 1.78. The molecule has 0 N–H and O–H groups in total. The Morgan fingerprint density at radius 2 is 2.21 bits per heavy atom. The second-order valence-electron chi connectivity index (χ2n) is 2.65. The van der Waals surface area contributed by atoms with Gasteiger partial charge in [0.05, 0.1) is 9.80 Å². The number of nitro benzene ring substituents is 1. The van der Waals surface area contributed by atoms with E-state index < -0.39 is 0 Å². The lowest BCUT2D eigenvalue weighted by molar-refractivity contribution is -0.384. The smallest absolute Gasteiger partial charge is 0.258 e. The molecule has 70 valence electrons. The topological polar surface area (TPSA) is 43.1 Å². The molecular formula is C9H6NO2S2+. The molecule has 2 aromatic rings. The van der Waals surface area contributed by atoms with Crippen LogP contribution in [-0.4, -0.2) is 4.92 Å². The first kappa shape index (κ1) is 9.23. The van der Waals surface area contributed by atoms with Gasteiger partial charge in [0.25, 0.3) is 16.0 Å². The summed E-state index contributed by atoms with van der Waals surface area (Å²) in [6.45, 7) is 0. The molecule has 0 aliphatic carbocycles. The van der Waals surface area contributed by atoms with Crippen molar-refractivity contribution < 1.29 is 4.92 Å². The predicted molar refractivity (Wildman–Crippen MR) is 58.7 cm³/mol. The average molecular weight is 224 g/mol. The number of hydrogen-bond acceptors (Lipinski definition) is 3. The maximum Gasteiger partial charge on any atom is 0.292 e. The molecule has 0 unspecified atom stereocenters. The van der Waals surface area contributed by atoms with Crippen LogP contribution in [0.15, 0.2) is 35.7 Å². The van der Waals surface area contributed by atoms with E-state index in [0.717, 1.165) is 10.4 Å². The molecule has 14 heavy (non-hydrogen) atoms. The Kier molecular flexibility index (Phi) is 2.51. The van der Waals surface area contributed by atoms with Gasteiger partial charge < -0.3 is 0 Å². The van der Waals surface area contributed by atoms with Gasteiger partial charge in [0, 0.05) is 23.8 Å². The van der Waals surface area contributed by atoms with Gasteiger partial charge in [-0.15, -0.1) is 0 Å². The van der Waals surface area contributed by atoms with Gasteiger partial charge in [-0.05, 0) is 0 Å². The first-order valence-corrected chi connectivity index (χ1v) is 6.10. The molecule has 1 aromatic carbocycles. The van der Waals surface area contributed by atoms with Crippen molar-refractivity contribution in [2.24, 2.45) is 0 Å². The first-order valence-electron chi connectivity index (χ1n) is 3.89. The fraction of sp³-hybridized carbons (Fsp3) is 0. The molecule has 0 bridgehead atoms. The Morgan fingerprint density at radius 1 is 1.36 bits per heavy atom. The molecule has 1 aromatic heterocycles. The van der Waals surface area contributed by atoms with Crippen LogP contribution in [0.3, 0.4) is 0 Å². The number of hydrogen-bond donors (Lipinski definition) is 0. The van der Waals surface area contributed by atoms with Gasteiger partial charge in [-0.2, -0.15) is 0 Å². The summed E-state index contributed by atoms with van der Waals surface area (Å²) < 4.78 is 0. The summed E-state index contributed by atoms with van der Waals surface area (Å²) in [5.74, 6) is 0. The molecule has 0 fully saturated rings. The molecule has 0 aliphatic heterocycles. The lowest BCUT2D eigenvalue weighted by Crippen LogP contribution is -1.86. The quantitative estimate of drug-likeness (QED) is 0.338. The van der Waals surface area contributed by atoms with Gasteiger partial charge >= 0.3 is 0 Å². The molecule has 0 amide bonds. The third-order valence-corrected chi connectivity index (χ3v) is 3.81. The molecular weight excluding hydrogens is 218 g/mol. The largest absolute Gasteiger partial charge is 0.292 e. The van der Waals surface area contributed by atoms with E-state index in [4.69, 9.17) is 0 Å². The molecule has 5 heteroatoms. The number of nitro groups is 1. The van der Waals surface area contributed by atoms with E-state index in [-0.39, 0.29) is 10.6 Å². The van der Waals surface area contributed by atoms with E-state index in [9.17, 15) is 10.1 Å². The predicted octanol–water partition coefficient (Wildman–Crippen LogP) is 3.67. The first-order chi connectivity index (χ1) is 6.77. The number of rotatable bonds is 2. The number of nitrogens with zero attached hydrogens (tertiary/aromatic N) is 1. The zero-order valence-corrected chi connectivity index (χ0v) is 8.68. The zero-order valence-electron chi connectivity index (χ0n) is 7.04. The lowest BCUT2D eigenvalue weighted by Gasteiger charge is -1.94. The van der Waals surface area contributed by atoms with Gasteiger partial charge in [0.2, 0.25) is 5.38 Å². The highest BCUT2D eigenvalue weighted by Crippen LogP contribution is 2.29. The normalized spacial score (nSPS) is 10.0. The standard InChI is InChI=1S/C9H6NO2S2/c11-10(12)8-3-1-2-7(6-8)9-4-5-13-14-9/h1-6H/q+1. The number of non-ortho nitro benzene ring substituents is 1. The second kappa shape index (κ2) is 3.81. The van der Waals surface area contributed by atoms with Crippen LogP contribution in [0.1, 0.15) is 0 Å². The summed E-state index contributed by atoms with van der Waals surface area (Å²) in [6.07, 6.45) is 0. The summed E-state index contributed by atoms with van der Waals surface area (Å²) in [6, 6.07) is 8.65. The Hall–Kier alpha value is -1.33. The van der Waals surface area contributed by atoms with Gasteiger partial charge in [0.15, 0.2) is 10.3 Å². The Labute approximate surface area is 87.8 Å². The highest BCUT2D eigenvalue weighted by atomic mass is 32.9. The van der Waals surface area contributed by atoms with Crippen molar-refractivity contribution in [1.82, 2.24) is 0 Å². The minimum Gasteiger partial charge on any atom is -0.258 e. The molecule has 0 saturated heterocycles. The van der Waals surface area contributed by atoms with Crippen LogP contribution in [0.25, 0.3) is 10.4 Å². The van der Waals surface area contributed by atoms with E-state index in [2.05, 4.69) is 0 Å². The molecule has 3 nitrogen and oxygen atoms in total. The summed E-state index contributed by atoms with van der Waals surface area (Å²) >= 11 is 0. The highest BCUT2D eigenvalue weighted by molar-refractivity contribution is 7.70. The molecule has 0 radical (unpaired) electrons. The highest BCUT2D eigenvalue weighted by Gasteiger charge is 2.10. The summed E-state index contributed by atoms with van der Waals surface area (Å²) in [7, 11) is 3.24. The van der Waals surface area contributed by atoms with Crippen LogP contribution < -0.4 is 0 Å². The van der Waals surface area contributed by atoms with E-state index >= 15 is 0 Å². The molecule has 0 spiro atoms. The molecule has 0 aliphatic rings. The fourth-order valence-corrected chi connectivity index (χ4v) is 3.00. The summed E-state index contributed by atoms with van der Waals surface area (Å²) in [5.41, 5.74) is 1.05. The SMILES string of the molecule is O=[N+]([O-])c1cccc(-c2cc[s+]s2)c1. The van der Waals surface area contributed by atoms with E-state index in [1.54, 1.807) is 32.8 Å². The van der Waals surface area contributed by atoms with Crippen molar-refractivity contribution in [3.8, 4) is 10.4 Å². The summed E-state index contributed by atoms with van der Waals surface area (Å²) in [5, 5.41) is 12.5. The van der Waals surface area contributed by atoms with Crippen molar-refractivity contribution >= 4 is 26.4 Å². The van der Waals surface area contributed by atoms with Crippen LogP contribution >= 0.6 is 20.7 Å². The third-order valence-electron chi connectivity index (χ3n) is 1.75. The Bertz CT molecular complexity index is 454. The van der Waals surface area contributed by atoms with Gasteiger partial charge in [-0.25, -0.2) is 0 Å². The van der Waals surface area contributed by atoms with Crippen LogP contribution in [-0.2, 0) is 0 Å². The Balaban J connectivity index is 2.46. The van der Waals surface area contributed by atoms with Crippen LogP contribution in [0.2, 0.25) is 0 Å². The molecule has 0 atom stereocenters. The molecule has 0 saturated carbocycles. The number of benzene rings is 1. The minimum absolute atomic E-state index is 0.140. The maximum atomic E-state index is 10.5. The average Bonchev–Trinajstić information content (AvgIpc) is 2.71. The van der Waals surface area contributed by atoms with E-state index in [0.29, 0.717) is 0 Å². The van der Waals surface area contributed by atoms with Crippen LogP contribution in [0.4, 0.5) is 5.69 Å². The van der Waals surface area contributed by atoms with E-state index in [1.165, 1.54) is 6.07 Å². The van der Waals surface area contributed by atoms with E-state index in [1.807, 2.05) is 17.5 Å². The zero-order chi connectivity index (χ0) is 9.97. The van der Waals surface area contributed by atoms with Crippen molar-refractivity contribution in [3.63, 3.8) is 0 Å². The van der Waals surface area contributed by atoms with Crippen molar-refractivity contribution in [2.75, 3.05) is 0 Å². The monoisotopic (exact) mass is 224 g/mol. The summed E-state index contributed by atoms with van der Waals surface area (Å²) in [4.78, 5) is 11.2. The second-order valence-corrected chi connectivity index (χ2v) is 4.80.